The highest BCUT2D eigenvalue weighted by molar-refractivity contribution is 5.32. The Morgan fingerprint density at radius 3 is 2.59 bits per heavy atom. The fourth-order valence-corrected chi connectivity index (χ4v) is 8.07. The summed E-state index contributed by atoms with van der Waals surface area (Å²) in [5, 5.41) is 0. The van der Waals surface area contributed by atoms with Gasteiger partial charge in [0, 0.05) is 7.11 Å². The van der Waals surface area contributed by atoms with Gasteiger partial charge in [-0.2, -0.15) is 0 Å². The van der Waals surface area contributed by atoms with Crippen LogP contribution in [0.4, 0.5) is 0 Å². The number of rotatable bonds is 6. The Hall–Kier alpha value is -0.560. The molecule has 8 atom stereocenters. The molecule has 1 heteroatoms. The minimum absolute atomic E-state index is 0.439. The van der Waals surface area contributed by atoms with Crippen LogP contribution in [0.15, 0.2) is 23.8 Å². The molecule has 0 spiro atoms. The molecule has 0 N–H and O–H groups in total. The smallest absolute Gasteiger partial charge is 0.0574 e. The van der Waals surface area contributed by atoms with Crippen LogP contribution in [0.5, 0.6) is 0 Å². The molecule has 29 heavy (non-hydrogen) atoms. The molecule has 4 aliphatic carbocycles. The van der Waals surface area contributed by atoms with Gasteiger partial charge in [-0.1, -0.05) is 77.7 Å². The maximum atomic E-state index is 5.76. The van der Waals surface area contributed by atoms with E-state index in [4.69, 9.17) is 4.74 Å². The van der Waals surface area contributed by atoms with Crippen LogP contribution in [-0.4, -0.2) is 13.2 Å². The van der Waals surface area contributed by atoms with Gasteiger partial charge in [0.25, 0.3) is 0 Å². The molecule has 8 unspecified atom stereocenters. The van der Waals surface area contributed by atoms with Crippen molar-refractivity contribution in [3.63, 3.8) is 0 Å². The highest BCUT2D eigenvalue weighted by Gasteiger charge is 2.56. The maximum absolute atomic E-state index is 5.76. The summed E-state index contributed by atoms with van der Waals surface area (Å²) in [4.78, 5) is 0. The third kappa shape index (κ3) is 3.68. The molecule has 2 fully saturated rings. The number of fused-ring (bicyclic) bond motifs is 5. The Kier molecular flexibility index (Phi) is 6.11. The van der Waals surface area contributed by atoms with Gasteiger partial charge in [0.1, 0.15) is 0 Å². The lowest BCUT2D eigenvalue weighted by molar-refractivity contribution is -0.0275. The number of hydrogen-bond donors (Lipinski definition) is 0. The molecule has 0 aromatic carbocycles. The maximum Gasteiger partial charge on any atom is 0.0574 e. The first-order chi connectivity index (χ1) is 13.8. The molecule has 164 valence electrons. The molecule has 0 aromatic rings. The molecule has 0 saturated heterocycles. The van der Waals surface area contributed by atoms with Gasteiger partial charge in [0.05, 0.1) is 6.10 Å². The van der Waals surface area contributed by atoms with Crippen LogP contribution in [0.3, 0.4) is 0 Å². The van der Waals surface area contributed by atoms with E-state index in [0.717, 1.165) is 35.5 Å². The summed E-state index contributed by atoms with van der Waals surface area (Å²) < 4.78 is 5.76. The topological polar surface area (TPSA) is 9.23 Å². The van der Waals surface area contributed by atoms with Crippen LogP contribution in [0.1, 0.15) is 92.4 Å². The van der Waals surface area contributed by atoms with Gasteiger partial charge in [0.15, 0.2) is 0 Å². The highest BCUT2D eigenvalue weighted by Crippen LogP contribution is 2.64. The summed E-state index contributed by atoms with van der Waals surface area (Å²) in [6.45, 7) is 12.5. The van der Waals surface area contributed by atoms with Crippen LogP contribution in [0.25, 0.3) is 0 Å². The van der Waals surface area contributed by atoms with E-state index in [9.17, 15) is 0 Å². The largest absolute Gasteiger partial charge is 0.381 e. The molecule has 0 aromatic heterocycles. The van der Waals surface area contributed by atoms with Crippen LogP contribution >= 0.6 is 0 Å². The molecule has 0 radical (unpaired) electrons. The Morgan fingerprint density at radius 1 is 1.07 bits per heavy atom. The van der Waals surface area contributed by atoms with Gasteiger partial charge in [-0.3, -0.25) is 0 Å². The van der Waals surface area contributed by atoms with Crippen molar-refractivity contribution in [3.8, 4) is 0 Å². The summed E-state index contributed by atoms with van der Waals surface area (Å²) in [6, 6.07) is 0. The van der Waals surface area contributed by atoms with Crippen molar-refractivity contribution in [2.45, 2.75) is 98.5 Å². The molecule has 4 rings (SSSR count). The van der Waals surface area contributed by atoms with Crippen molar-refractivity contribution in [1.29, 1.82) is 0 Å². The fourth-order valence-electron chi connectivity index (χ4n) is 8.07. The van der Waals surface area contributed by atoms with Crippen LogP contribution in [-0.2, 0) is 4.74 Å². The molecule has 0 heterocycles. The molecular formula is C28H46O. The van der Waals surface area contributed by atoms with Gasteiger partial charge < -0.3 is 4.74 Å². The van der Waals surface area contributed by atoms with E-state index in [1.165, 1.54) is 57.8 Å². The van der Waals surface area contributed by atoms with Crippen LogP contribution < -0.4 is 0 Å². The minimum Gasteiger partial charge on any atom is -0.381 e. The summed E-state index contributed by atoms with van der Waals surface area (Å²) in [7, 11) is 1.91. The van der Waals surface area contributed by atoms with Crippen LogP contribution in [0, 0.1) is 46.3 Å². The first-order valence-corrected chi connectivity index (χ1v) is 12.7. The van der Waals surface area contributed by atoms with E-state index in [1.54, 1.807) is 0 Å². The number of hydrogen-bond acceptors (Lipinski definition) is 1. The Bertz CT molecular complexity index is 645. The molecule has 4 aliphatic rings. The fraction of sp³-hybridized carbons (Fsp3) is 0.857. The second-order valence-corrected chi connectivity index (χ2v) is 12.0. The lowest BCUT2D eigenvalue weighted by Gasteiger charge is -2.57. The van der Waals surface area contributed by atoms with Crippen molar-refractivity contribution in [1.82, 2.24) is 0 Å². The van der Waals surface area contributed by atoms with E-state index in [1.807, 2.05) is 12.7 Å². The second kappa shape index (κ2) is 8.18. The van der Waals surface area contributed by atoms with Crippen molar-refractivity contribution in [2.24, 2.45) is 46.3 Å². The average molecular weight is 399 g/mol. The Balaban J connectivity index is 1.51. The normalized spacial score (nSPS) is 44.8. The van der Waals surface area contributed by atoms with Gasteiger partial charge in [0.2, 0.25) is 0 Å². The Morgan fingerprint density at radius 2 is 1.86 bits per heavy atom. The van der Waals surface area contributed by atoms with Gasteiger partial charge in [-0.05, 0) is 84.9 Å². The summed E-state index contributed by atoms with van der Waals surface area (Å²) >= 11 is 0. The molecule has 0 bridgehead atoms. The van der Waals surface area contributed by atoms with E-state index in [-0.39, 0.29) is 0 Å². The Labute approximate surface area is 180 Å². The summed E-state index contributed by atoms with van der Waals surface area (Å²) in [5.74, 6) is 4.85. The molecular weight excluding hydrogens is 352 g/mol. The molecule has 2 saturated carbocycles. The number of ether oxygens (including phenoxy) is 1. The zero-order valence-corrected chi connectivity index (χ0v) is 20.0. The molecule has 0 aliphatic heterocycles. The van der Waals surface area contributed by atoms with Crippen molar-refractivity contribution >= 4 is 0 Å². The lowest BCUT2D eigenvalue weighted by atomic mass is 9.48. The number of allylic oxidation sites excluding steroid dienone is 4. The van der Waals surface area contributed by atoms with Crippen molar-refractivity contribution in [2.75, 3.05) is 7.11 Å². The lowest BCUT2D eigenvalue weighted by Crippen LogP contribution is -2.49. The zero-order chi connectivity index (χ0) is 20.8. The quantitative estimate of drug-likeness (QED) is 0.414. The zero-order valence-electron chi connectivity index (χ0n) is 20.0. The number of methoxy groups -OCH3 is 1. The SMILES string of the molecule is COC1CCC2(C)C3=CCC4(C)C(C(C)CCCC(C)C)C=CC4C3CCC2C1. The van der Waals surface area contributed by atoms with E-state index in [2.05, 4.69) is 52.8 Å². The standard InChI is InChI=1S/C28H46O/c1-19(2)8-7-9-20(3)24-12-13-25-23-11-10-21-18-22(29-6)14-16-27(21,4)26(23)15-17-28(24,25)5/h12-13,15,19-25H,7-11,14,16-18H2,1-6H3. The van der Waals surface area contributed by atoms with E-state index < -0.39 is 0 Å². The first-order valence-electron chi connectivity index (χ1n) is 12.7. The third-order valence-electron chi connectivity index (χ3n) is 9.95. The average Bonchev–Trinajstić information content (AvgIpc) is 3.04. The molecule has 1 nitrogen and oxygen atoms in total. The van der Waals surface area contributed by atoms with Crippen molar-refractivity contribution < 1.29 is 4.74 Å². The monoisotopic (exact) mass is 398 g/mol. The van der Waals surface area contributed by atoms with E-state index >= 15 is 0 Å². The third-order valence-corrected chi connectivity index (χ3v) is 9.95. The minimum atomic E-state index is 0.439. The highest BCUT2D eigenvalue weighted by atomic mass is 16.5. The first kappa shape index (κ1) is 21.7. The van der Waals surface area contributed by atoms with E-state index in [0.29, 0.717) is 16.9 Å². The predicted molar refractivity (Wildman–Crippen MR) is 124 cm³/mol. The summed E-state index contributed by atoms with van der Waals surface area (Å²) in [5.41, 5.74) is 2.75. The van der Waals surface area contributed by atoms with Gasteiger partial charge >= 0.3 is 0 Å². The van der Waals surface area contributed by atoms with Crippen LogP contribution in [0.2, 0.25) is 0 Å². The molecule has 0 amide bonds. The second-order valence-electron chi connectivity index (χ2n) is 12.0. The van der Waals surface area contributed by atoms with Crippen molar-refractivity contribution in [3.05, 3.63) is 23.8 Å². The predicted octanol–water partition coefficient (Wildman–Crippen LogP) is 7.82. The summed E-state index contributed by atoms with van der Waals surface area (Å²) in [6.07, 6.45) is 20.7. The van der Waals surface area contributed by atoms with Gasteiger partial charge in [-0.25, -0.2) is 0 Å². The van der Waals surface area contributed by atoms with Gasteiger partial charge in [-0.15, -0.1) is 0 Å².